The van der Waals surface area contributed by atoms with Gasteiger partial charge in [-0.15, -0.1) is 0 Å². The normalized spacial score (nSPS) is 16.0. The molecule has 1 aromatic rings. The summed E-state index contributed by atoms with van der Waals surface area (Å²) >= 11 is 8.08. The van der Waals surface area contributed by atoms with E-state index in [1.807, 2.05) is 28.8 Å². The van der Waals surface area contributed by atoms with Crippen LogP contribution in [0.3, 0.4) is 0 Å². The van der Waals surface area contributed by atoms with Gasteiger partial charge in [-0.3, -0.25) is 4.79 Å². The third kappa shape index (κ3) is 3.80. The van der Waals surface area contributed by atoms with Gasteiger partial charge < -0.3 is 9.64 Å². The summed E-state index contributed by atoms with van der Waals surface area (Å²) in [7, 11) is 1.60. The molecule has 1 amide bonds. The molecule has 1 heterocycles. The molecule has 5 heteroatoms. The quantitative estimate of drug-likeness (QED) is 0.859. The van der Waals surface area contributed by atoms with E-state index in [-0.39, 0.29) is 5.91 Å². The average molecular weight is 300 g/mol. The zero-order valence-electron chi connectivity index (χ0n) is 11.0. The molecular weight excluding hydrogens is 282 g/mol. The number of ether oxygens (including phenoxy) is 1. The van der Waals surface area contributed by atoms with Crippen LogP contribution in [0, 0.1) is 0 Å². The zero-order chi connectivity index (χ0) is 13.7. The number of rotatable bonds is 3. The molecule has 0 radical (unpaired) electrons. The molecule has 0 atom stereocenters. The number of thioether (sulfide) groups is 1. The molecule has 0 spiro atoms. The fraction of sp³-hybridized carbons (Fsp3) is 0.500. The first-order chi connectivity index (χ1) is 9.22. The summed E-state index contributed by atoms with van der Waals surface area (Å²) < 4.78 is 5.28. The second-order valence-electron chi connectivity index (χ2n) is 4.44. The van der Waals surface area contributed by atoms with Crippen LogP contribution in [0.5, 0.6) is 5.75 Å². The minimum Gasteiger partial charge on any atom is -0.496 e. The largest absolute Gasteiger partial charge is 0.496 e. The monoisotopic (exact) mass is 299 g/mol. The Bertz CT molecular complexity index is 445. The summed E-state index contributed by atoms with van der Waals surface area (Å²) in [6.45, 7) is 1.68. The lowest BCUT2D eigenvalue weighted by atomic mass is 10.1. The maximum Gasteiger partial charge on any atom is 0.227 e. The number of amides is 1. The minimum atomic E-state index is 0.133. The van der Waals surface area contributed by atoms with Crippen LogP contribution in [0.4, 0.5) is 0 Å². The molecule has 1 aliphatic rings. The predicted octanol–water partition coefficient (Wildman–Crippen LogP) is 2.86. The molecule has 104 valence electrons. The van der Waals surface area contributed by atoms with Crippen molar-refractivity contribution >= 4 is 29.3 Å². The summed E-state index contributed by atoms with van der Waals surface area (Å²) in [6.07, 6.45) is 1.38. The number of hydrogen-bond donors (Lipinski definition) is 0. The van der Waals surface area contributed by atoms with Gasteiger partial charge in [0.2, 0.25) is 5.91 Å². The molecule has 1 aliphatic heterocycles. The van der Waals surface area contributed by atoms with Crippen molar-refractivity contribution in [3.05, 3.63) is 28.8 Å². The van der Waals surface area contributed by atoms with E-state index >= 15 is 0 Å². The van der Waals surface area contributed by atoms with E-state index in [0.29, 0.717) is 17.2 Å². The maximum absolute atomic E-state index is 12.3. The summed E-state index contributed by atoms with van der Waals surface area (Å²) in [6, 6.07) is 5.47. The molecule has 1 fully saturated rings. The Labute approximate surface area is 123 Å². The number of benzene rings is 1. The van der Waals surface area contributed by atoms with Crippen LogP contribution in [0.1, 0.15) is 12.0 Å². The molecule has 0 aliphatic carbocycles. The molecule has 0 bridgehead atoms. The summed E-state index contributed by atoms with van der Waals surface area (Å²) in [4.78, 5) is 14.3. The summed E-state index contributed by atoms with van der Waals surface area (Å²) in [5.41, 5.74) is 0.786. The molecule has 0 N–H and O–H groups in total. The lowest BCUT2D eigenvalue weighted by Crippen LogP contribution is -2.34. The first-order valence-corrected chi connectivity index (χ1v) is 7.92. The maximum atomic E-state index is 12.3. The molecule has 1 aromatic carbocycles. The van der Waals surface area contributed by atoms with Crippen molar-refractivity contribution in [1.82, 2.24) is 4.90 Å². The molecule has 3 nitrogen and oxygen atoms in total. The van der Waals surface area contributed by atoms with Crippen molar-refractivity contribution in [2.45, 2.75) is 12.8 Å². The van der Waals surface area contributed by atoms with Crippen molar-refractivity contribution in [1.29, 1.82) is 0 Å². The molecular formula is C14H18ClNO2S. The van der Waals surface area contributed by atoms with Crippen LogP contribution in [0.2, 0.25) is 5.02 Å². The Balaban J connectivity index is 2.09. The highest BCUT2D eigenvalue weighted by molar-refractivity contribution is 7.99. The van der Waals surface area contributed by atoms with E-state index in [0.717, 1.165) is 36.6 Å². The lowest BCUT2D eigenvalue weighted by Gasteiger charge is -2.21. The van der Waals surface area contributed by atoms with Crippen molar-refractivity contribution in [2.75, 3.05) is 31.7 Å². The third-order valence-electron chi connectivity index (χ3n) is 3.20. The van der Waals surface area contributed by atoms with Crippen LogP contribution in [0.25, 0.3) is 0 Å². The van der Waals surface area contributed by atoms with Gasteiger partial charge in [-0.1, -0.05) is 17.7 Å². The van der Waals surface area contributed by atoms with Crippen LogP contribution in [-0.2, 0) is 11.2 Å². The van der Waals surface area contributed by atoms with E-state index in [9.17, 15) is 4.79 Å². The van der Waals surface area contributed by atoms with Crippen molar-refractivity contribution in [2.24, 2.45) is 0 Å². The van der Waals surface area contributed by atoms with Crippen molar-refractivity contribution in [3.8, 4) is 5.75 Å². The van der Waals surface area contributed by atoms with Gasteiger partial charge in [0.25, 0.3) is 0 Å². The Morgan fingerprint density at radius 1 is 1.42 bits per heavy atom. The van der Waals surface area contributed by atoms with Crippen molar-refractivity contribution < 1.29 is 9.53 Å². The van der Waals surface area contributed by atoms with Crippen LogP contribution in [-0.4, -0.2) is 42.5 Å². The number of halogens is 1. The lowest BCUT2D eigenvalue weighted by molar-refractivity contribution is -0.130. The molecule has 0 saturated carbocycles. The fourth-order valence-corrected chi connectivity index (χ4v) is 3.28. The van der Waals surface area contributed by atoms with E-state index in [1.54, 1.807) is 13.2 Å². The van der Waals surface area contributed by atoms with Crippen LogP contribution in [0.15, 0.2) is 18.2 Å². The van der Waals surface area contributed by atoms with E-state index < -0.39 is 0 Å². The van der Waals surface area contributed by atoms with E-state index in [2.05, 4.69) is 0 Å². The molecule has 0 aromatic heterocycles. The van der Waals surface area contributed by atoms with Crippen molar-refractivity contribution in [3.63, 3.8) is 0 Å². The third-order valence-corrected chi connectivity index (χ3v) is 4.60. The Morgan fingerprint density at radius 2 is 2.26 bits per heavy atom. The molecule has 0 unspecified atom stereocenters. The first kappa shape index (κ1) is 14.5. The molecule has 2 rings (SSSR count). The number of nitrogens with zero attached hydrogens (tertiary/aromatic N) is 1. The van der Waals surface area contributed by atoms with Gasteiger partial charge in [0.1, 0.15) is 5.75 Å². The van der Waals surface area contributed by atoms with Crippen LogP contribution < -0.4 is 4.74 Å². The smallest absolute Gasteiger partial charge is 0.227 e. The zero-order valence-corrected chi connectivity index (χ0v) is 12.6. The summed E-state index contributed by atoms with van der Waals surface area (Å²) in [5.74, 6) is 2.98. The van der Waals surface area contributed by atoms with Gasteiger partial charge in [-0.25, -0.2) is 0 Å². The number of carbonyl (C=O) groups is 1. The van der Waals surface area contributed by atoms with Gasteiger partial charge in [0.05, 0.1) is 13.5 Å². The minimum absolute atomic E-state index is 0.133. The van der Waals surface area contributed by atoms with E-state index in [1.165, 1.54) is 0 Å². The first-order valence-electron chi connectivity index (χ1n) is 6.39. The van der Waals surface area contributed by atoms with Gasteiger partial charge in [0.15, 0.2) is 0 Å². The highest BCUT2D eigenvalue weighted by Crippen LogP contribution is 2.27. The predicted molar refractivity (Wildman–Crippen MR) is 80.2 cm³/mol. The number of hydrogen-bond acceptors (Lipinski definition) is 3. The second kappa shape index (κ2) is 7.06. The van der Waals surface area contributed by atoms with Crippen LogP contribution >= 0.6 is 23.4 Å². The SMILES string of the molecule is COc1cccc(Cl)c1CC(=O)N1CCCSCC1. The highest BCUT2D eigenvalue weighted by Gasteiger charge is 2.19. The molecule has 19 heavy (non-hydrogen) atoms. The number of methoxy groups -OCH3 is 1. The van der Waals surface area contributed by atoms with Gasteiger partial charge in [-0.2, -0.15) is 11.8 Å². The summed E-state index contributed by atoms with van der Waals surface area (Å²) in [5, 5.41) is 0.594. The topological polar surface area (TPSA) is 29.5 Å². The van der Waals surface area contributed by atoms with Gasteiger partial charge >= 0.3 is 0 Å². The van der Waals surface area contributed by atoms with Gasteiger partial charge in [-0.05, 0) is 24.3 Å². The number of carbonyl (C=O) groups excluding carboxylic acids is 1. The second-order valence-corrected chi connectivity index (χ2v) is 6.08. The molecule has 1 saturated heterocycles. The fourth-order valence-electron chi connectivity index (χ4n) is 2.16. The van der Waals surface area contributed by atoms with E-state index in [4.69, 9.17) is 16.3 Å². The Kier molecular flexibility index (Phi) is 5.40. The Morgan fingerprint density at radius 3 is 3.05 bits per heavy atom. The highest BCUT2D eigenvalue weighted by atomic mass is 35.5. The Hall–Kier alpha value is -0.870. The van der Waals surface area contributed by atoms with Gasteiger partial charge in [0, 0.05) is 29.4 Å². The standard InChI is InChI=1S/C14H18ClNO2S/c1-18-13-5-2-4-12(15)11(13)10-14(17)16-6-3-8-19-9-7-16/h2,4-5H,3,6-10H2,1H3. The average Bonchev–Trinajstić information content (AvgIpc) is 2.70.